The van der Waals surface area contributed by atoms with Crippen LogP contribution < -0.4 is 5.32 Å². The lowest BCUT2D eigenvalue weighted by Gasteiger charge is -2.20. The molecule has 5 nitrogen and oxygen atoms in total. The highest BCUT2D eigenvalue weighted by atomic mass is 32.2. The van der Waals surface area contributed by atoms with Crippen molar-refractivity contribution in [2.24, 2.45) is 5.92 Å². The minimum absolute atomic E-state index is 0.0539. The van der Waals surface area contributed by atoms with Gasteiger partial charge in [0, 0.05) is 17.6 Å². The van der Waals surface area contributed by atoms with Crippen molar-refractivity contribution in [1.29, 1.82) is 0 Å². The number of benzene rings is 1. The Morgan fingerprint density at radius 1 is 1.13 bits per heavy atom. The first-order chi connectivity index (χ1) is 14.2. The van der Waals surface area contributed by atoms with E-state index in [1.807, 2.05) is 6.92 Å². The fourth-order valence-corrected chi connectivity index (χ4v) is 4.59. The second-order valence-corrected chi connectivity index (χ2v) is 10.8. The van der Waals surface area contributed by atoms with Crippen LogP contribution in [0.2, 0.25) is 0 Å². The number of nitrogens with zero attached hydrogens (tertiary/aromatic N) is 3. The summed E-state index contributed by atoms with van der Waals surface area (Å²) in [5.41, 5.74) is 2.52. The molecule has 0 aliphatic heterocycles. The van der Waals surface area contributed by atoms with Gasteiger partial charge in [0.15, 0.2) is 11.0 Å². The van der Waals surface area contributed by atoms with Crippen molar-refractivity contribution >= 4 is 17.7 Å². The van der Waals surface area contributed by atoms with Crippen LogP contribution in [0.25, 0.3) is 11.4 Å². The molecule has 6 heteroatoms. The van der Waals surface area contributed by atoms with Crippen LogP contribution in [-0.4, -0.2) is 32.5 Å². The van der Waals surface area contributed by atoms with Crippen molar-refractivity contribution in [1.82, 2.24) is 20.1 Å². The van der Waals surface area contributed by atoms with Crippen molar-refractivity contribution in [3.63, 3.8) is 0 Å². The summed E-state index contributed by atoms with van der Waals surface area (Å²) in [4.78, 5) is 12.4. The summed E-state index contributed by atoms with van der Waals surface area (Å²) in [6, 6.07) is 9.27. The molecule has 1 amide bonds. The molecule has 1 aromatic carbocycles. The Morgan fingerprint density at radius 2 is 1.77 bits per heavy atom. The third-order valence-corrected chi connectivity index (χ3v) is 7.03. The van der Waals surface area contributed by atoms with Gasteiger partial charge < -0.3 is 5.32 Å². The van der Waals surface area contributed by atoms with E-state index in [-0.39, 0.29) is 17.4 Å². The predicted octanol–water partition coefficient (Wildman–Crippen LogP) is 5.61. The minimum Gasteiger partial charge on any atom is -0.353 e. The van der Waals surface area contributed by atoms with Crippen LogP contribution >= 0.6 is 11.8 Å². The summed E-state index contributed by atoms with van der Waals surface area (Å²) in [6.07, 6.45) is 4.77. The summed E-state index contributed by atoms with van der Waals surface area (Å²) in [5, 5.41) is 13.0. The normalized spacial score (nSPS) is 16.2. The number of thioether (sulfide) groups is 1. The van der Waals surface area contributed by atoms with E-state index in [1.54, 1.807) is 0 Å². The number of hydrogen-bond donors (Lipinski definition) is 1. The van der Waals surface area contributed by atoms with E-state index in [2.05, 4.69) is 79.0 Å². The maximum Gasteiger partial charge on any atom is 0.230 e. The van der Waals surface area contributed by atoms with E-state index in [1.165, 1.54) is 30.2 Å². The fraction of sp³-hybridized carbons (Fsp3) is 0.625. The van der Waals surface area contributed by atoms with Gasteiger partial charge in [0.2, 0.25) is 5.91 Å². The number of hydrogen-bond acceptors (Lipinski definition) is 4. The predicted molar refractivity (Wildman–Crippen MR) is 125 cm³/mol. The van der Waals surface area contributed by atoms with E-state index >= 15 is 0 Å². The van der Waals surface area contributed by atoms with E-state index in [4.69, 9.17) is 0 Å². The van der Waals surface area contributed by atoms with Crippen LogP contribution in [0.4, 0.5) is 0 Å². The number of aromatic nitrogens is 3. The van der Waals surface area contributed by atoms with Gasteiger partial charge in [-0.3, -0.25) is 9.36 Å². The van der Waals surface area contributed by atoms with Gasteiger partial charge in [-0.05, 0) is 36.7 Å². The molecule has 1 heterocycles. The third kappa shape index (κ3) is 5.45. The molecule has 1 N–H and O–H groups in total. The lowest BCUT2D eigenvalue weighted by Crippen LogP contribution is -2.37. The Hall–Kier alpha value is -1.82. The highest BCUT2D eigenvalue weighted by Crippen LogP contribution is 2.37. The molecule has 1 aliphatic carbocycles. The Bertz CT molecular complexity index is 845. The summed E-state index contributed by atoms with van der Waals surface area (Å²) in [6.45, 7) is 13.0. The first-order valence-electron chi connectivity index (χ1n) is 11.1. The molecule has 1 aliphatic rings. The molecule has 164 valence electrons. The Labute approximate surface area is 185 Å². The third-order valence-electron chi connectivity index (χ3n) is 6.08. The molecule has 0 spiro atoms. The van der Waals surface area contributed by atoms with Gasteiger partial charge >= 0.3 is 0 Å². The zero-order valence-corrected chi connectivity index (χ0v) is 20.1. The van der Waals surface area contributed by atoms with Gasteiger partial charge in [-0.1, -0.05) is 83.5 Å². The van der Waals surface area contributed by atoms with Gasteiger partial charge in [0.1, 0.15) is 0 Å². The number of nitrogens with one attached hydrogen (secondary N) is 1. The number of carbonyl (C=O) groups excluding carboxylic acids is 1. The number of rotatable bonds is 7. The largest absolute Gasteiger partial charge is 0.353 e. The van der Waals surface area contributed by atoms with Crippen molar-refractivity contribution in [2.45, 2.75) is 89.9 Å². The molecular weight excluding hydrogens is 392 g/mol. The highest BCUT2D eigenvalue weighted by molar-refractivity contribution is 7.99. The molecule has 0 saturated heterocycles. The average Bonchev–Trinajstić information content (AvgIpc) is 3.35. The van der Waals surface area contributed by atoms with E-state index < -0.39 is 0 Å². The second kappa shape index (κ2) is 9.54. The van der Waals surface area contributed by atoms with Crippen molar-refractivity contribution in [3.05, 3.63) is 29.8 Å². The van der Waals surface area contributed by atoms with Gasteiger partial charge in [0.25, 0.3) is 0 Å². The van der Waals surface area contributed by atoms with Gasteiger partial charge in [-0.25, -0.2) is 0 Å². The molecule has 1 unspecified atom stereocenters. The Morgan fingerprint density at radius 3 is 2.33 bits per heavy atom. The Kier molecular flexibility index (Phi) is 7.27. The van der Waals surface area contributed by atoms with Crippen molar-refractivity contribution < 1.29 is 4.79 Å². The molecule has 30 heavy (non-hydrogen) atoms. The standard InChI is InChI=1S/C24H36N4OS/c1-16(2)17(3)25-21(29)15-30-23-27-26-22(28(23)20-9-7-8-10-20)18-11-13-19(14-12-18)24(4,5)6/h11-14,16-17,20H,7-10,15H2,1-6H3,(H,25,29). The monoisotopic (exact) mass is 428 g/mol. The molecule has 2 aromatic rings. The summed E-state index contributed by atoms with van der Waals surface area (Å²) < 4.78 is 2.28. The highest BCUT2D eigenvalue weighted by Gasteiger charge is 2.26. The zero-order valence-electron chi connectivity index (χ0n) is 19.2. The molecule has 0 radical (unpaired) electrons. The Balaban J connectivity index is 1.81. The summed E-state index contributed by atoms with van der Waals surface area (Å²) in [5.74, 6) is 1.76. The molecule has 1 fully saturated rings. The first kappa shape index (κ1) is 22.9. The van der Waals surface area contributed by atoms with Gasteiger partial charge in [-0.2, -0.15) is 0 Å². The fourth-order valence-electron chi connectivity index (χ4n) is 3.78. The van der Waals surface area contributed by atoms with Crippen LogP contribution in [0.5, 0.6) is 0 Å². The lowest BCUT2D eigenvalue weighted by molar-refractivity contribution is -0.119. The minimum atomic E-state index is 0.0539. The molecule has 1 saturated carbocycles. The van der Waals surface area contributed by atoms with E-state index in [0.717, 1.165) is 29.4 Å². The molecule has 1 atom stereocenters. The SMILES string of the molecule is CC(C)C(C)NC(=O)CSc1nnc(-c2ccc(C(C)(C)C)cc2)n1C1CCCC1. The molecule has 1 aromatic heterocycles. The maximum absolute atomic E-state index is 12.4. The van der Waals surface area contributed by atoms with E-state index in [0.29, 0.717) is 17.7 Å². The number of carbonyl (C=O) groups is 1. The van der Waals surface area contributed by atoms with Crippen LogP contribution in [0.3, 0.4) is 0 Å². The topological polar surface area (TPSA) is 59.8 Å². The molecule has 3 rings (SSSR count). The summed E-state index contributed by atoms with van der Waals surface area (Å²) >= 11 is 1.50. The van der Waals surface area contributed by atoms with E-state index in [9.17, 15) is 4.79 Å². The first-order valence-corrected chi connectivity index (χ1v) is 12.1. The van der Waals surface area contributed by atoms with Crippen LogP contribution in [0.1, 0.15) is 78.8 Å². The van der Waals surface area contributed by atoms with Crippen molar-refractivity contribution in [2.75, 3.05) is 5.75 Å². The van der Waals surface area contributed by atoms with Crippen LogP contribution in [-0.2, 0) is 10.2 Å². The smallest absolute Gasteiger partial charge is 0.230 e. The molecule has 0 bridgehead atoms. The average molecular weight is 429 g/mol. The van der Waals surface area contributed by atoms with Crippen molar-refractivity contribution in [3.8, 4) is 11.4 Å². The molecular formula is C24H36N4OS. The van der Waals surface area contributed by atoms with Crippen LogP contribution in [0, 0.1) is 5.92 Å². The number of amides is 1. The zero-order chi connectivity index (χ0) is 21.9. The maximum atomic E-state index is 12.4. The van der Waals surface area contributed by atoms with Gasteiger partial charge in [-0.15, -0.1) is 10.2 Å². The summed E-state index contributed by atoms with van der Waals surface area (Å²) in [7, 11) is 0. The van der Waals surface area contributed by atoms with Crippen LogP contribution in [0.15, 0.2) is 29.4 Å². The van der Waals surface area contributed by atoms with Gasteiger partial charge in [0.05, 0.1) is 5.75 Å². The second-order valence-electron chi connectivity index (χ2n) is 9.83. The lowest BCUT2D eigenvalue weighted by atomic mass is 9.86. The quantitative estimate of drug-likeness (QED) is 0.582.